The van der Waals surface area contributed by atoms with E-state index in [0.717, 1.165) is 50.3 Å². The molecule has 4 heteroatoms. The largest absolute Gasteiger partial charge is 0.449 e. The van der Waals surface area contributed by atoms with Gasteiger partial charge in [0.25, 0.3) is 0 Å². The standard InChI is InChI=1S/C51H36N2O2/c1-51(2)43-18-10-9-17-39(43)40-27-25-37(29-44(40)51)52(36-23-21-34(22-24-36)33-13-5-3-6-14-33)38-26-28-41-42-31-49-50(55-48-20-12-11-19-47(48)54-49)32-46(42)53(45(41)30-38)35-15-7-4-8-16-35/h3-32H,1-2H3. The maximum absolute atomic E-state index is 6.42. The van der Waals surface area contributed by atoms with Crippen molar-refractivity contribution in [3.05, 3.63) is 193 Å². The molecule has 0 bridgehead atoms. The van der Waals surface area contributed by atoms with E-state index in [2.05, 4.69) is 181 Å². The molecule has 262 valence electrons. The number of fused-ring (bicyclic) bond motifs is 8. The normalized spacial score (nSPS) is 13.3. The molecular formula is C51H36N2O2. The highest BCUT2D eigenvalue weighted by molar-refractivity contribution is 6.11. The molecular weight excluding hydrogens is 673 g/mol. The topological polar surface area (TPSA) is 26.6 Å². The van der Waals surface area contributed by atoms with Crippen molar-refractivity contribution in [1.82, 2.24) is 4.57 Å². The van der Waals surface area contributed by atoms with E-state index in [4.69, 9.17) is 9.47 Å². The smallest absolute Gasteiger partial charge is 0.172 e. The lowest BCUT2D eigenvalue weighted by Gasteiger charge is -2.28. The second-order valence-corrected chi connectivity index (χ2v) is 15.0. The quantitative estimate of drug-likeness (QED) is 0.178. The van der Waals surface area contributed by atoms with E-state index in [1.807, 2.05) is 24.3 Å². The summed E-state index contributed by atoms with van der Waals surface area (Å²) in [7, 11) is 0. The molecule has 1 aliphatic carbocycles. The van der Waals surface area contributed by atoms with Crippen LogP contribution in [-0.4, -0.2) is 4.57 Å². The van der Waals surface area contributed by atoms with Crippen LogP contribution in [0.15, 0.2) is 182 Å². The van der Waals surface area contributed by atoms with Crippen molar-refractivity contribution in [1.29, 1.82) is 0 Å². The zero-order chi connectivity index (χ0) is 36.7. The van der Waals surface area contributed by atoms with Gasteiger partial charge in [-0.2, -0.15) is 0 Å². The molecule has 0 saturated carbocycles. The summed E-state index contributed by atoms with van der Waals surface area (Å²) < 4.78 is 15.2. The number of rotatable bonds is 5. The van der Waals surface area contributed by atoms with Crippen LogP contribution in [0, 0.1) is 0 Å². The lowest BCUT2D eigenvalue weighted by atomic mass is 9.82. The average molecular weight is 709 g/mol. The van der Waals surface area contributed by atoms with Crippen molar-refractivity contribution >= 4 is 38.9 Å². The van der Waals surface area contributed by atoms with Gasteiger partial charge in [-0.15, -0.1) is 0 Å². The highest BCUT2D eigenvalue weighted by Crippen LogP contribution is 2.52. The maximum Gasteiger partial charge on any atom is 0.172 e. The Hall–Kier alpha value is -7.04. The van der Waals surface area contributed by atoms with Crippen LogP contribution < -0.4 is 14.4 Å². The lowest BCUT2D eigenvalue weighted by molar-refractivity contribution is 0.360. The number of hydrogen-bond acceptors (Lipinski definition) is 3. The van der Waals surface area contributed by atoms with Crippen LogP contribution in [0.25, 0.3) is 49.7 Å². The third kappa shape index (κ3) is 4.92. The summed E-state index contributed by atoms with van der Waals surface area (Å²) >= 11 is 0. The minimum Gasteiger partial charge on any atom is -0.449 e. The predicted octanol–water partition coefficient (Wildman–Crippen LogP) is 14.1. The molecule has 4 nitrogen and oxygen atoms in total. The number of anilines is 3. The van der Waals surface area contributed by atoms with Crippen molar-refractivity contribution in [2.24, 2.45) is 0 Å². The van der Waals surface area contributed by atoms with E-state index >= 15 is 0 Å². The van der Waals surface area contributed by atoms with Gasteiger partial charge in [0.15, 0.2) is 23.0 Å². The minimum absolute atomic E-state index is 0.128. The van der Waals surface area contributed by atoms with Crippen LogP contribution in [0.4, 0.5) is 17.1 Å². The van der Waals surface area contributed by atoms with Gasteiger partial charge in [-0.3, -0.25) is 0 Å². The van der Waals surface area contributed by atoms with Crippen LogP contribution in [-0.2, 0) is 5.41 Å². The van der Waals surface area contributed by atoms with Gasteiger partial charge in [0.1, 0.15) is 0 Å². The van der Waals surface area contributed by atoms with E-state index in [9.17, 15) is 0 Å². The molecule has 1 aliphatic heterocycles. The third-order valence-corrected chi connectivity index (χ3v) is 11.4. The number of para-hydroxylation sites is 3. The fourth-order valence-electron chi connectivity index (χ4n) is 8.73. The summed E-state index contributed by atoms with van der Waals surface area (Å²) in [5, 5.41) is 2.24. The Morgan fingerprint density at radius 3 is 1.75 bits per heavy atom. The maximum atomic E-state index is 6.42. The second kappa shape index (κ2) is 12.0. The fraction of sp³-hybridized carbons (Fsp3) is 0.0588. The number of benzene rings is 8. The summed E-state index contributed by atoms with van der Waals surface area (Å²) in [6.45, 7) is 4.69. The third-order valence-electron chi connectivity index (χ3n) is 11.4. The van der Waals surface area contributed by atoms with Gasteiger partial charge in [0.2, 0.25) is 0 Å². The van der Waals surface area contributed by atoms with Crippen LogP contribution in [0.5, 0.6) is 23.0 Å². The van der Waals surface area contributed by atoms with E-state index in [1.54, 1.807) is 0 Å². The van der Waals surface area contributed by atoms with Gasteiger partial charge in [0, 0.05) is 45.0 Å². The first kappa shape index (κ1) is 31.5. The zero-order valence-electron chi connectivity index (χ0n) is 30.5. The SMILES string of the molecule is CC1(C)c2ccccc2-c2ccc(N(c3ccc(-c4ccccc4)cc3)c3ccc4c5cc6c(cc5n(-c5ccccc5)c4c3)Oc3ccccc3O6)cc21. The Labute approximate surface area is 320 Å². The molecule has 0 fully saturated rings. The Bertz CT molecular complexity index is 2940. The Kier molecular flexibility index (Phi) is 6.86. The lowest BCUT2D eigenvalue weighted by Crippen LogP contribution is -2.16. The molecule has 0 atom stereocenters. The van der Waals surface area contributed by atoms with Crippen molar-refractivity contribution in [2.45, 2.75) is 19.3 Å². The van der Waals surface area contributed by atoms with Crippen molar-refractivity contribution in [3.63, 3.8) is 0 Å². The van der Waals surface area contributed by atoms with Crippen LogP contribution in [0.1, 0.15) is 25.0 Å². The summed E-state index contributed by atoms with van der Waals surface area (Å²) in [4.78, 5) is 2.40. The molecule has 0 spiro atoms. The molecule has 0 radical (unpaired) electrons. The van der Waals surface area contributed by atoms with Crippen molar-refractivity contribution in [3.8, 4) is 50.9 Å². The first-order chi connectivity index (χ1) is 27.0. The van der Waals surface area contributed by atoms with Gasteiger partial charge < -0.3 is 18.9 Å². The van der Waals surface area contributed by atoms with Gasteiger partial charge in [0.05, 0.1) is 11.0 Å². The van der Waals surface area contributed by atoms with Crippen molar-refractivity contribution in [2.75, 3.05) is 4.90 Å². The highest BCUT2D eigenvalue weighted by atomic mass is 16.6. The average Bonchev–Trinajstić information content (AvgIpc) is 3.67. The number of aromatic nitrogens is 1. The van der Waals surface area contributed by atoms with E-state index in [-0.39, 0.29) is 5.41 Å². The minimum atomic E-state index is -0.128. The molecule has 8 aromatic carbocycles. The van der Waals surface area contributed by atoms with Crippen LogP contribution in [0.3, 0.4) is 0 Å². The number of hydrogen-bond donors (Lipinski definition) is 0. The predicted molar refractivity (Wildman–Crippen MR) is 225 cm³/mol. The van der Waals surface area contributed by atoms with Gasteiger partial charge in [-0.1, -0.05) is 123 Å². The molecule has 0 unspecified atom stereocenters. The van der Waals surface area contributed by atoms with Gasteiger partial charge in [-0.05, 0) is 100 Å². The molecule has 0 amide bonds. The number of ether oxygens (including phenoxy) is 2. The van der Waals surface area contributed by atoms with Crippen LogP contribution in [0.2, 0.25) is 0 Å². The monoisotopic (exact) mass is 708 g/mol. The molecule has 0 saturated heterocycles. The Balaban J connectivity index is 1.12. The van der Waals surface area contributed by atoms with Crippen molar-refractivity contribution < 1.29 is 9.47 Å². The number of nitrogens with zero attached hydrogens (tertiary/aromatic N) is 2. The second-order valence-electron chi connectivity index (χ2n) is 15.0. The Morgan fingerprint density at radius 1 is 0.418 bits per heavy atom. The molecule has 9 aromatic rings. The van der Waals surface area contributed by atoms with E-state index in [0.29, 0.717) is 17.2 Å². The molecule has 0 N–H and O–H groups in total. The highest BCUT2D eigenvalue weighted by Gasteiger charge is 2.36. The summed E-state index contributed by atoms with van der Waals surface area (Å²) in [6, 6.07) is 64.8. The molecule has 55 heavy (non-hydrogen) atoms. The fourth-order valence-corrected chi connectivity index (χ4v) is 8.73. The first-order valence-electron chi connectivity index (χ1n) is 18.8. The van der Waals surface area contributed by atoms with Gasteiger partial charge in [-0.25, -0.2) is 0 Å². The summed E-state index contributed by atoms with van der Waals surface area (Å²) in [6.07, 6.45) is 0. The van der Waals surface area contributed by atoms with E-state index < -0.39 is 0 Å². The summed E-state index contributed by atoms with van der Waals surface area (Å²) in [5.41, 5.74) is 14.1. The Morgan fingerprint density at radius 2 is 0.982 bits per heavy atom. The first-order valence-corrected chi connectivity index (χ1v) is 18.8. The van der Waals surface area contributed by atoms with Gasteiger partial charge >= 0.3 is 0 Å². The summed E-state index contributed by atoms with van der Waals surface area (Å²) in [5.74, 6) is 2.85. The van der Waals surface area contributed by atoms with Crippen LogP contribution >= 0.6 is 0 Å². The zero-order valence-corrected chi connectivity index (χ0v) is 30.5. The molecule has 1 aromatic heterocycles. The molecule has 2 heterocycles. The molecule has 11 rings (SSSR count). The van der Waals surface area contributed by atoms with E-state index in [1.165, 1.54) is 33.4 Å². The molecule has 2 aliphatic rings.